The first-order valence-electron chi connectivity index (χ1n) is 10.6. The lowest BCUT2D eigenvalue weighted by Crippen LogP contribution is -2.54. The quantitative estimate of drug-likeness (QED) is 0.636. The molecule has 2 fully saturated rings. The molecule has 0 radical (unpaired) electrons. The molecule has 166 valence electrons. The van der Waals surface area contributed by atoms with Crippen molar-refractivity contribution in [2.24, 2.45) is 11.8 Å². The molecule has 3 aliphatic heterocycles. The third-order valence-electron chi connectivity index (χ3n) is 7.22. The molecule has 0 unspecified atom stereocenters. The summed E-state index contributed by atoms with van der Waals surface area (Å²) in [6.07, 6.45) is -0.965. The van der Waals surface area contributed by atoms with Crippen LogP contribution in [0, 0.1) is 31.5 Å². The van der Waals surface area contributed by atoms with Gasteiger partial charge in [-0.15, -0.1) is 0 Å². The maximum atomic E-state index is 13.6. The first-order valence-corrected chi connectivity index (χ1v) is 10.6. The number of hydrogen-bond donors (Lipinski definition) is 3. The highest BCUT2D eigenvalue weighted by Crippen LogP contribution is 2.54. The third kappa shape index (κ3) is 2.63. The largest absolute Gasteiger partial charge is 0.392 e. The molecule has 0 aromatic heterocycles. The predicted octanol–water partition coefficient (Wildman–Crippen LogP) is 1.74. The predicted molar refractivity (Wildman–Crippen MR) is 114 cm³/mol. The van der Waals surface area contributed by atoms with Crippen LogP contribution in [0.3, 0.4) is 0 Å². The first-order chi connectivity index (χ1) is 15.2. The molecule has 3 amide bonds. The smallest absolute Gasteiger partial charge is 0.250 e. The van der Waals surface area contributed by atoms with Crippen LogP contribution < -0.4 is 10.6 Å². The number of fused-ring (bicyclic) bond motifs is 4. The highest BCUT2D eigenvalue weighted by atomic mass is 19.1. The second-order valence-electron chi connectivity index (χ2n) is 9.00. The van der Waals surface area contributed by atoms with Crippen LogP contribution in [0.25, 0.3) is 0 Å². The van der Waals surface area contributed by atoms with Crippen molar-refractivity contribution in [2.75, 3.05) is 5.32 Å². The number of aryl methyl sites for hydroxylation is 1. The van der Waals surface area contributed by atoms with E-state index in [4.69, 9.17) is 0 Å². The molecule has 1 spiro atoms. The zero-order valence-corrected chi connectivity index (χ0v) is 18.0. The van der Waals surface area contributed by atoms with Gasteiger partial charge in [-0.3, -0.25) is 24.6 Å². The Balaban J connectivity index is 1.62. The van der Waals surface area contributed by atoms with Crippen molar-refractivity contribution in [1.82, 2.24) is 10.2 Å². The lowest BCUT2D eigenvalue weighted by molar-refractivity contribution is -0.143. The Labute approximate surface area is 184 Å². The van der Waals surface area contributed by atoms with Gasteiger partial charge in [0.2, 0.25) is 17.7 Å². The Morgan fingerprint density at radius 1 is 1.09 bits per heavy atom. The fraction of sp³-hybridized carbons (Fsp3) is 0.375. The number of anilines is 1. The van der Waals surface area contributed by atoms with Gasteiger partial charge >= 0.3 is 0 Å². The summed E-state index contributed by atoms with van der Waals surface area (Å²) in [6, 6.07) is 8.52. The van der Waals surface area contributed by atoms with E-state index in [1.165, 1.54) is 24.3 Å². The van der Waals surface area contributed by atoms with Gasteiger partial charge in [0.1, 0.15) is 11.4 Å². The van der Waals surface area contributed by atoms with E-state index in [0.29, 0.717) is 16.8 Å². The Bertz CT molecular complexity index is 1160. The molecule has 5 rings (SSSR count). The number of nitrogens with zero attached hydrogens (tertiary/aromatic N) is 1. The van der Waals surface area contributed by atoms with E-state index in [1.807, 2.05) is 26.0 Å². The van der Waals surface area contributed by atoms with Crippen molar-refractivity contribution in [1.29, 1.82) is 0 Å². The molecular weight excluding hydrogens is 413 g/mol. The Morgan fingerprint density at radius 2 is 1.78 bits per heavy atom. The number of hydrogen-bond acceptors (Lipinski definition) is 5. The van der Waals surface area contributed by atoms with E-state index in [1.54, 1.807) is 6.92 Å². The number of rotatable bonds is 3. The van der Waals surface area contributed by atoms with Crippen molar-refractivity contribution in [3.63, 3.8) is 0 Å². The van der Waals surface area contributed by atoms with Gasteiger partial charge in [-0.05, 0) is 49.6 Å². The van der Waals surface area contributed by atoms with Gasteiger partial charge in [-0.25, -0.2) is 4.39 Å². The van der Waals surface area contributed by atoms with E-state index in [-0.39, 0.29) is 6.54 Å². The summed E-state index contributed by atoms with van der Waals surface area (Å²) in [6.45, 7) is 5.36. The van der Waals surface area contributed by atoms with E-state index in [0.717, 1.165) is 16.0 Å². The average molecular weight is 437 g/mol. The second-order valence-corrected chi connectivity index (χ2v) is 9.00. The van der Waals surface area contributed by atoms with Gasteiger partial charge in [-0.1, -0.05) is 24.3 Å². The number of carbonyl (C=O) groups is 3. The number of likely N-dealkylation sites (tertiary alicyclic amines) is 1. The van der Waals surface area contributed by atoms with Crippen molar-refractivity contribution in [3.8, 4) is 0 Å². The maximum absolute atomic E-state index is 13.6. The van der Waals surface area contributed by atoms with E-state index in [2.05, 4.69) is 10.6 Å². The molecule has 32 heavy (non-hydrogen) atoms. The van der Waals surface area contributed by atoms with Crippen LogP contribution in [0.5, 0.6) is 0 Å². The third-order valence-corrected chi connectivity index (χ3v) is 7.22. The first kappa shape index (κ1) is 20.8. The van der Waals surface area contributed by atoms with Crippen molar-refractivity contribution in [3.05, 3.63) is 64.5 Å². The molecule has 0 saturated carbocycles. The van der Waals surface area contributed by atoms with Crippen LogP contribution in [-0.4, -0.2) is 39.9 Å². The minimum Gasteiger partial charge on any atom is -0.392 e. The highest BCUT2D eigenvalue weighted by Gasteiger charge is 2.71. The molecule has 3 aliphatic rings. The monoisotopic (exact) mass is 437 g/mol. The average Bonchev–Trinajstić information content (AvgIpc) is 3.34. The molecule has 7 nitrogen and oxygen atoms in total. The lowest BCUT2D eigenvalue weighted by atomic mass is 9.76. The zero-order valence-electron chi connectivity index (χ0n) is 18.0. The molecule has 8 heteroatoms. The van der Waals surface area contributed by atoms with Gasteiger partial charge in [0.25, 0.3) is 0 Å². The van der Waals surface area contributed by atoms with Crippen LogP contribution in [0.4, 0.5) is 10.1 Å². The summed E-state index contributed by atoms with van der Waals surface area (Å²) < 4.78 is 13.3. The summed E-state index contributed by atoms with van der Waals surface area (Å²) in [7, 11) is 0. The number of imide groups is 1. The normalized spacial score (nSPS) is 29.5. The number of halogens is 1. The second kappa shape index (κ2) is 6.95. The fourth-order valence-electron chi connectivity index (χ4n) is 5.45. The standard InChI is InChI=1S/C24H24FN3O4/c1-11-4-9-16-19(12(11)2)26-23(32)24(16)18-17(20(27-24)13(3)29)21(30)28(22(18)31)10-14-5-7-15(25)8-6-14/h4-9,13,17-18,20,27,29H,10H2,1-3H3,(H,26,32)/t13-,17+,18+,20+,24+/m1/s1. The highest BCUT2D eigenvalue weighted by molar-refractivity contribution is 6.15. The minimum absolute atomic E-state index is 0.0189. The summed E-state index contributed by atoms with van der Waals surface area (Å²) in [4.78, 5) is 41.6. The maximum Gasteiger partial charge on any atom is 0.250 e. The number of aliphatic hydroxyl groups is 1. The molecular formula is C24H24FN3O4. The summed E-state index contributed by atoms with van der Waals surface area (Å²) in [5.74, 6) is -3.60. The number of aliphatic hydroxyl groups excluding tert-OH is 1. The summed E-state index contributed by atoms with van der Waals surface area (Å²) in [5.41, 5.74) is 2.32. The SMILES string of the molecule is Cc1ccc2c(c1C)NC(=O)[C@]21N[C@@H]([C@@H](C)O)[C@H]2C(=O)N(Cc3ccc(F)cc3)C(=O)[C@H]21. The number of nitrogens with one attached hydrogen (secondary N) is 2. The Kier molecular flexibility index (Phi) is 4.51. The molecule has 3 heterocycles. The van der Waals surface area contributed by atoms with E-state index < -0.39 is 53.1 Å². The molecule has 2 aromatic carbocycles. The number of amides is 3. The number of benzene rings is 2. The van der Waals surface area contributed by atoms with E-state index >= 15 is 0 Å². The van der Waals surface area contributed by atoms with Crippen LogP contribution in [0.15, 0.2) is 36.4 Å². The van der Waals surface area contributed by atoms with Crippen molar-refractivity contribution >= 4 is 23.4 Å². The van der Waals surface area contributed by atoms with Crippen molar-refractivity contribution in [2.45, 2.75) is 45.0 Å². The molecule has 0 aliphatic carbocycles. The van der Waals surface area contributed by atoms with E-state index in [9.17, 15) is 23.9 Å². The summed E-state index contributed by atoms with van der Waals surface area (Å²) in [5, 5.41) is 16.6. The minimum atomic E-state index is -1.44. The van der Waals surface area contributed by atoms with Crippen LogP contribution in [0.2, 0.25) is 0 Å². The molecule has 5 atom stereocenters. The lowest BCUT2D eigenvalue weighted by Gasteiger charge is -2.30. The van der Waals surface area contributed by atoms with Gasteiger partial charge < -0.3 is 10.4 Å². The topological polar surface area (TPSA) is 98.7 Å². The summed E-state index contributed by atoms with van der Waals surface area (Å²) >= 11 is 0. The van der Waals surface area contributed by atoms with Crippen LogP contribution in [-0.2, 0) is 26.5 Å². The Morgan fingerprint density at radius 3 is 2.44 bits per heavy atom. The van der Waals surface area contributed by atoms with Gasteiger partial charge in [-0.2, -0.15) is 0 Å². The Hall–Kier alpha value is -3.10. The van der Waals surface area contributed by atoms with Crippen LogP contribution in [0.1, 0.15) is 29.2 Å². The van der Waals surface area contributed by atoms with Crippen molar-refractivity contribution < 1.29 is 23.9 Å². The fourth-order valence-corrected chi connectivity index (χ4v) is 5.45. The molecule has 2 aromatic rings. The van der Waals surface area contributed by atoms with Gasteiger partial charge in [0, 0.05) is 17.3 Å². The van der Waals surface area contributed by atoms with Crippen LogP contribution >= 0.6 is 0 Å². The molecule has 2 saturated heterocycles. The van der Waals surface area contributed by atoms with Gasteiger partial charge in [0.15, 0.2) is 0 Å². The zero-order chi connectivity index (χ0) is 22.9. The molecule has 0 bridgehead atoms. The number of carbonyl (C=O) groups excluding carboxylic acids is 3. The van der Waals surface area contributed by atoms with Gasteiger partial charge in [0.05, 0.1) is 24.5 Å². The molecule has 3 N–H and O–H groups in total.